The summed E-state index contributed by atoms with van der Waals surface area (Å²) in [6, 6.07) is 18.1. The first-order chi connectivity index (χ1) is 14.2. The Balaban J connectivity index is 1.47. The van der Waals surface area contributed by atoms with Crippen LogP contribution in [-0.2, 0) is 4.74 Å². The number of carbonyl (C=O) groups excluding carboxylic acids is 1. The molecular weight excluding hydrogens is 392 g/mol. The van der Waals surface area contributed by atoms with Crippen LogP contribution >= 0.6 is 11.6 Å². The van der Waals surface area contributed by atoms with Crippen molar-refractivity contribution < 1.29 is 19.0 Å². The molecule has 0 bridgehead atoms. The van der Waals surface area contributed by atoms with Gasteiger partial charge in [0.1, 0.15) is 16.9 Å². The largest absolute Gasteiger partial charge is 0.471 e. The predicted molar refractivity (Wildman–Crippen MR) is 110 cm³/mol. The normalized spacial score (nSPS) is 15.7. The fourth-order valence-corrected chi connectivity index (χ4v) is 3.08. The maximum absolute atomic E-state index is 12.7. The molecule has 4 rings (SSSR count). The van der Waals surface area contributed by atoms with Crippen molar-refractivity contribution in [2.45, 2.75) is 12.5 Å². The van der Waals surface area contributed by atoms with Crippen LogP contribution in [-0.4, -0.2) is 30.2 Å². The van der Waals surface area contributed by atoms with E-state index in [4.69, 9.17) is 25.8 Å². The Bertz CT molecular complexity index is 991. The number of carbonyl (C=O) groups is 1. The first-order valence-electron chi connectivity index (χ1n) is 9.22. The number of amides is 1. The van der Waals surface area contributed by atoms with E-state index in [0.29, 0.717) is 41.8 Å². The number of nitrogens with zero attached hydrogens (tertiary/aromatic N) is 1. The molecule has 7 heteroatoms. The maximum atomic E-state index is 12.7. The third-order valence-corrected chi connectivity index (χ3v) is 4.61. The number of aromatic nitrogens is 1. The molecular formula is C22H19ClN2O4. The lowest BCUT2D eigenvalue weighted by molar-refractivity contribution is 0.102. The van der Waals surface area contributed by atoms with Crippen LogP contribution in [0.2, 0.25) is 5.02 Å². The predicted octanol–water partition coefficient (Wildman–Crippen LogP) is 4.95. The third kappa shape index (κ3) is 4.85. The summed E-state index contributed by atoms with van der Waals surface area (Å²) in [5.41, 5.74) is 0.862. The van der Waals surface area contributed by atoms with Gasteiger partial charge in [0.2, 0.25) is 5.88 Å². The van der Waals surface area contributed by atoms with Crippen molar-refractivity contribution in [1.82, 2.24) is 4.98 Å². The van der Waals surface area contributed by atoms with Crippen LogP contribution in [0.15, 0.2) is 66.9 Å². The average Bonchev–Trinajstić information content (AvgIpc) is 3.25. The van der Waals surface area contributed by atoms with E-state index in [1.807, 2.05) is 42.5 Å². The number of ether oxygens (including phenoxy) is 3. The summed E-state index contributed by atoms with van der Waals surface area (Å²) in [4.78, 5) is 16.9. The molecule has 0 spiro atoms. The zero-order chi connectivity index (χ0) is 20.1. The van der Waals surface area contributed by atoms with Gasteiger partial charge in [0.25, 0.3) is 5.91 Å². The standard InChI is InChI=1S/C22H19ClN2O4/c23-18-12-15(13-24-22(18)29-17-10-11-27-14-17)21(26)25-19-8-4-5-9-20(19)28-16-6-2-1-3-7-16/h1-9,12-13,17H,10-11,14H2,(H,25,26). The van der Waals surface area contributed by atoms with E-state index in [2.05, 4.69) is 10.3 Å². The zero-order valence-corrected chi connectivity index (χ0v) is 16.3. The van der Waals surface area contributed by atoms with E-state index in [0.717, 1.165) is 6.42 Å². The molecule has 0 radical (unpaired) electrons. The first-order valence-corrected chi connectivity index (χ1v) is 9.60. The van der Waals surface area contributed by atoms with Gasteiger partial charge < -0.3 is 19.5 Å². The second kappa shape index (κ2) is 8.94. The molecule has 0 saturated carbocycles. The number of rotatable bonds is 6. The van der Waals surface area contributed by atoms with Crippen LogP contribution in [0.3, 0.4) is 0 Å². The van der Waals surface area contributed by atoms with Gasteiger partial charge in [-0.25, -0.2) is 4.98 Å². The number of halogens is 1. The number of pyridine rings is 1. The molecule has 2 heterocycles. The molecule has 1 unspecified atom stereocenters. The quantitative estimate of drug-likeness (QED) is 0.622. The Morgan fingerprint density at radius 2 is 1.93 bits per heavy atom. The van der Waals surface area contributed by atoms with Crippen LogP contribution in [0.5, 0.6) is 17.4 Å². The topological polar surface area (TPSA) is 69.7 Å². The summed E-state index contributed by atoms with van der Waals surface area (Å²) in [6.45, 7) is 1.17. The lowest BCUT2D eigenvalue weighted by Gasteiger charge is -2.14. The third-order valence-electron chi connectivity index (χ3n) is 4.34. The van der Waals surface area contributed by atoms with Gasteiger partial charge in [-0.2, -0.15) is 0 Å². The van der Waals surface area contributed by atoms with E-state index < -0.39 is 0 Å². The van der Waals surface area contributed by atoms with Gasteiger partial charge in [0, 0.05) is 12.6 Å². The number of hydrogen-bond donors (Lipinski definition) is 1. The van der Waals surface area contributed by atoms with Crippen molar-refractivity contribution in [3.8, 4) is 17.4 Å². The monoisotopic (exact) mass is 410 g/mol. The van der Waals surface area contributed by atoms with Crippen LogP contribution in [0, 0.1) is 0 Å². The fraction of sp³-hybridized carbons (Fsp3) is 0.182. The summed E-state index contributed by atoms with van der Waals surface area (Å²) in [5, 5.41) is 3.12. The SMILES string of the molecule is O=C(Nc1ccccc1Oc1ccccc1)c1cnc(OC2CCOC2)c(Cl)c1. The van der Waals surface area contributed by atoms with Crippen molar-refractivity contribution in [2.75, 3.05) is 18.5 Å². The molecule has 148 valence electrons. The Labute approximate surface area is 173 Å². The Kier molecular flexibility index (Phi) is 5.93. The van der Waals surface area contributed by atoms with E-state index in [1.165, 1.54) is 12.3 Å². The molecule has 0 aliphatic carbocycles. The average molecular weight is 411 g/mol. The summed E-state index contributed by atoms with van der Waals surface area (Å²) in [5.74, 6) is 1.16. The maximum Gasteiger partial charge on any atom is 0.257 e. The Morgan fingerprint density at radius 1 is 1.14 bits per heavy atom. The summed E-state index contributed by atoms with van der Waals surface area (Å²) in [7, 11) is 0. The van der Waals surface area contributed by atoms with E-state index in [1.54, 1.807) is 12.1 Å². The second-order valence-corrected chi connectivity index (χ2v) is 6.89. The number of para-hydroxylation sites is 3. The highest BCUT2D eigenvalue weighted by atomic mass is 35.5. The van der Waals surface area contributed by atoms with Crippen molar-refractivity contribution in [2.24, 2.45) is 0 Å². The van der Waals surface area contributed by atoms with Crippen LogP contribution in [0.1, 0.15) is 16.8 Å². The number of anilines is 1. The zero-order valence-electron chi connectivity index (χ0n) is 15.5. The highest BCUT2D eigenvalue weighted by Gasteiger charge is 2.20. The first kappa shape index (κ1) is 19.2. The minimum atomic E-state index is -0.348. The van der Waals surface area contributed by atoms with Crippen LogP contribution in [0.4, 0.5) is 5.69 Å². The number of benzene rings is 2. The lowest BCUT2D eigenvalue weighted by Crippen LogP contribution is -2.17. The van der Waals surface area contributed by atoms with Crippen LogP contribution in [0.25, 0.3) is 0 Å². The molecule has 1 N–H and O–H groups in total. The molecule has 1 saturated heterocycles. The molecule has 1 aliphatic rings. The lowest BCUT2D eigenvalue weighted by atomic mass is 10.2. The highest BCUT2D eigenvalue weighted by Crippen LogP contribution is 2.30. The minimum absolute atomic E-state index is 0.0679. The highest BCUT2D eigenvalue weighted by molar-refractivity contribution is 6.32. The summed E-state index contributed by atoms with van der Waals surface area (Å²) in [6.07, 6.45) is 2.16. The molecule has 1 amide bonds. The van der Waals surface area contributed by atoms with Gasteiger partial charge in [0.15, 0.2) is 5.75 Å². The van der Waals surface area contributed by atoms with E-state index in [9.17, 15) is 4.79 Å². The van der Waals surface area contributed by atoms with Gasteiger partial charge in [-0.3, -0.25) is 4.79 Å². The molecule has 2 aromatic carbocycles. The Hall–Kier alpha value is -3.09. The van der Waals surface area contributed by atoms with Gasteiger partial charge in [-0.05, 0) is 30.3 Å². The molecule has 1 aliphatic heterocycles. The summed E-state index contributed by atoms with van der Waals surface area (Å²) < 4.78 is 16.9. The Morgan fingerprint density at radius 3 is 2.69 bits per heavy atom. The van der Waals surface area contributed by atoms with Crippen molar-refractivity contribution in [3.05, 3.63) is 77.4 Å². The van der Waals surface area contributed by atoms with Crippen molar-refractivity contribution in [1.29, 1.82) is 0 Å². The number of nitrogens with one attached hydrogen (secondary N) is 1. The minimum Gasteiger partial charge on any atom is -0.471 e. The molecule has 3 aromatic rings. The second-order valence-electron chi connectivity index (χ2n) is 6.48. The van der Waals surface area contributed by atoms with E-state index >= 15 is 0 Å². The van der Waals surface area contributed by atoms with E-state index in [-0.39, 0.29) is 17.0 Å². The molecule has 29 heavy (non-hydrogen) atoms. The molecule has 1 aromatic heterocycles. The van der Waals surface area contributed by atoms with Crippen molar-refractivity contribution in [3.63, 3.8) is 0 Å². The van der Waals surface area contributed by atoms with Crippen molar-refractivity contribution >= 4 is 23.2 Å². The smallest absolute Gasteiger partial charge is 0.257 e. The molecule has 6 nitrogen and oxygen atoms in total. The van der Waals surface area contributed by atoms with Gasteiger partial charge >= 0.3 is 0 Å². The molecule has 1 fully saturated rings. The van der Waals surface area contributed by atoms with Gasteiger partial charge in [0.05, 0.1) is 24.5 Å². The fourth-order valence-electron chi connectivity index (χ4n) is 2.87. The van der Waals surface area contributed by atoms with Gasteiger partial charge in [-0.1, -0.05) is 41.9 Å². The molecule has 1 atom stereocenters. The number of hydrogen-bond acceptors (Lipinski definition) is 5. The van der Waals surface area contributed by atoms with Crippen LogP contribution < -0.4 is 14.8 Å². The summed E-state index contributed by atoms with van der Waals surface area (Å²) >= 11 is 6.26. The van der Waals surface area contributed by atoms with Gasteiger partial charge in [-0.15, -0.1) is 0 Å².